The summed E-state index contributed by atoms with van der Waals surface area (Å²) in [5.74, 6) is 1.53. The number of aliphatic hydroxyl groups is 1. The molecule has 1 aliphatic carbocycles. The minimum Gasteiger partial charge on any atom is -0.459 e. The van der Waals surface area contributed by atoms with Crippen LogP contribution in [0.4, 0.5) is 0 Å². The highest BCUT2D eigenvalue weighted by atomic mass is 16.7. The van der Waals surface area contributed by atoms with E-state index in [1.165, 1.54) is 32.1 Å². The summed E-state index contributed by atoms with van der Waals surface area (Å²) in [5, 5.41) is 9.19. The first-order chi connectivity index (χ1) is 14.2. The summed E-state index contributed by atoms with van der Waals surface area (Å²) in [7, 11) is 0. The van der Waals surface area contributed by atoms with Crippen LogP contribution in [-0.2, 0) is 27.5 Å². The van der Waals surface area contributed by atoms with Crippen molar-refractivity contribution >= 4 is 5.91 Å². The average molecular weight is 400 g/mol. The molecule has 2 heterocycles. The fourth-order valence-electron chi connectivity index (χ4n) is 4.83. The molecule has 2 fully saturated rings. The van der Waals surface area contributed by atoms with E-state index in [4.69, 9.17) is 9.47 Å². The fraction of sp³-hybridized carbons (Fsp3) is 0.625. The Morgan fingerprint density at radius 3 is 2.41 bits per heavy atom. The number of amides is 1. The second-order valence-electron chi connectivity index (χ2n) is 8.66. The van der Waals surface area contributed by atoms with E-state index in [1.807, 2.05) is 29.2 Å². The van der Waals surface area contributed by atoms with E-state index in [9.17, 15) is 9.90 Å². The molecule has 5 nitrogen and oxygen atoms in total. The fourth-order valence-corrected chi connectivity index (χ4v) is 4.83. The van der Waals surface area contributed by atoms with Crippen LogP contribution < -0.4 is 0 Å². The summed E-state index contributed by atoms with van der Waals surface area (Å²) in [6, 6.07) is 7.76. The lowest BCUT2D eigenvalue weighted by molar-refractivity contribution is -0.160. The summed E-state index contributed by atoms with van der Waals surface area (Å²) in [5.41, 5.74) is 1.93. The first kappa shape index (κ1) is 20.4. The molecule has 1 aromatic rings. The highest BCUT2D eigenvalue weighted by Crippen LogP contribution is 2.38. The SMILES string of the molecule is O=C(C1=C[C@H](C2CCCC2)C[C@H](OCc2ccc(CO)cc2)O1)N1CCCCC1. The quantitative estimate of drug-likeness (QED) is 0.781. The third-order valence-corrected chi connectivity index (χ3v) is 6.59. The van der Waals surface area contributed by atoms with Gasteiger partial charge in [0.1, 0.15) is 0 Å². The monoisotopic (exact) mass is 399 g/mol. The zero-order chi connectivity index (χ0) is 20.1. The molecule has 1 N–H and O–H groups in total. The number of hydrogen-bond donors (Lipinski definition) is 1. The molecule has 2 aliphatic heterocycles. The minimum atomic E-state index is -0.383. The number of carbonyl (C=O) groups excluding carboxylic acids is 1. The normalized spacial score (nSPS) is 25.6. The van der Waals surface area contributed by atoms with Crippen molar-refractivity contribution in [2.45, 2.75) is 70.9 Å². The molecular formula is C24H33NO4. The number of benzene rings is 1. The van der Waals surface area contributed by atoms with Gasteiger partial charge in [0, 0.05) is 19.5 Å². The topological polar surface area (TPSA) is 59.0 Å². The molecule has 1 saturated heterocycles. The number of carbonyl (C=O) groups is 1. The van der Waals surface area contributed by atoms with Crippen LogP contribution in [0.1, 0.15) is 62.5 Å². The molecular weight excluding hydrogens is 366 g/mol. The molecule has 0 radical (unpaired) electrons. The van der Waals surface area contributed by atoms with Crippen LogP contribution in [0.5, 0.6) is 0 Å². The Kier molecular flexibility index (Phi) is 6.88. The maximum Gasteiger partial charge on any atom is 0.288 e. The lowest BCUT2D eigenvalue weighted by atomic mass is 9.86. The highest BCUT2D eigenvalue weighted by Gasteiger charge is 2.35. The first-order valence-electron chi connectivity index (χ1n) is 11.2. The van der Waals surface area contributed by atoms with E-state index in [2.05, 4.69) is 6.08 Å². The van der Waals surface area contributed by atoms with Crippen molar-refractivity contribution in [3.63, 3.8) is 0 Å². The van der Waals surface area contributed by atoms with Crippen LogP contribution in [-0.4, -0.2) is 35.3 Å². The molecule has 0 unspecified atom stereocenters. The standard InChI is InChI=1S/C24H33NO4/c26-16-18-8-10-19(11-9-18)17-28-23-15-21(20-6-2-3-7-20)14-22(29-23)24(27)25-12-4-1-5-13-25/h8-11,14,20-21,23,26H,1-7,12-13,15-17H2/t21-,23+/m0/s1. The number of ether oxygens (including phenoxy) is 2. The Morgan fingerprint density at radius 2 is 1.72 bits per heavy atom. The molecule has 5 heteroatoms. The van der Waals surface area contributed by atoms with Gasteiger partial charge in [0.05, 0.1) is 13.2 Å². The number of likely N-dealkylation sites (tertiary alicyclic amines) is 1. The summed E-state index contributed by atoms with van der Waals surface area (Å²) in [4.78, 5) is 15.0. The van der Waals surface area contributed by atoms with Crippen LogP contribution in [0.15, 0.2) is 36.1 Å². The Morgan fingerprint density at radius 1 is 1.03 bits per heavy atom. The summed E-state index contributed by atoms with van der Waals surface area (Å²) in [6.45, 7) is 2.15. The largest absolute Gasteiger partial charge is 0.459 e. The molecule has 1 saturated carbocycles. The molecule has 3 aliphatic rings. The second kappa shape index (κ2) is 9.77. The molecule has 0 spiro atoms. The predicted octanol–water partition coefficient (Wildman–Crippen LogP) is 4.14. The number of aliphatic hydroxyl groups excluding tert-OH is 1. The lowest BCUT2D eigenvalue weighted by Gasteiger charge is -2.34. The number of allylic oxidation sites excluding steroid dienone is 1. The number of rotatable bonds is 6. The van der Waals surface area contributed by atoms with E-state index in [0.717, 1.165) is 43.5 Å². The van der Waals surface area contributed by atoms with Gasteiger partial charge in [-0.3, -0.25) is 4.79 Å². The number of nitrogens with zero attached hydrogens (tertiary/aromatic N) is 1. The van der Waals surface area contributed by atoms with Crippen molar-refractivity contribution < 1.29 is 19.4 Å². The van der Waals surface area contributed by atoms with Gasteiger partial charge in [-0.05, 0) is 61.1 Å². The van der Waals surface area contributed by atoms with E-state index in [-0.39, 0.29) is 18.8 Å². The molecule has 0 bridgehead atoms. The van der Waals surface area contributed by atoms with Crippen LogP contribution in [0, 0.1) is 11.8 Å². The lowest BCUT2D eigenvalue weighted by Crippen LogP contribution is -2.40. The van der Waals surface area contributed by atoms with Gasteiger partial charge < -0.3 is 19.5 Å². The highest BCUT2D eigenvalue weighted by molar-refractivity contribution is 5.91. The summed E-state index contributed by atoms with van der Waals surface area (Å²) >= 11 is 0. The smallest absolute Gasteiger partial charge is 0.288 e. The maximum absolute atomic E-state index is 13.1. The van der Waals surface area contributed by atoms with Crippen LogP contribution >= 0.6 is 0 Å². The molecule has 0 aromatic heterocycles. The van der Waals surface area contributed by atoms with Gasteiger partial charge in [0.25, 0.3) is 5.91 Å². The van der Waals surface area contributed by atoms with Gasteiger partial charge in [-0.15, -0.1) is 0 Å². The van der Waals surface area contributed by atoms with Crippen molar-refractivity contribution in [3.8, 4) is 0 Å². The van der Waals surface area contributed by atoms with Crippen LogP contribution in [0.2, 0.25) is 0 Å². The first-order valence-corrected chi connectivity index (χ1v) is 11.2. The maximum atomic E-state index is 13.1. The van der Waals surface area contributed by atoms with Crippen LogP contribution in [0.3, 0.4) is 0 Å². The second-order valence-corrected chi connectivity index (χ2v) is 8.66. The molecule has 4 rings (SSSR count). The third-order valence-electron chi connectivity index (χ3n) is 6.59. The van der Waals surface area contributed by atoms with Crippen LogP contribution in [0.25, 0.3) is 0 Å². The third kappa shape index (κ3) is 5.20. The summed E-state index contributed by atoms with van der Waals surface area (Å²) in [6.07, 6.45) is 10.9. The Labute approximate surface area is 173 Å². The van der Waals surface area contributed by atoms with Gasteiger partial charge in [-0.1, -0.05) is 37.1 Å². The van der Waals surface area contributed by atoms with Crippen molar-refractivity contribution in [2.75, 3.05) is 13.1 Å². The predicted molar refractivity (Wildman–Crippen MR) is 111 cm³/mol. The number of piperidine rings is 1. The van der Waals surface area contributed by atoms with Gasteiger partial charge in [0.15, 0.2) is 5.76 Å². The van der Waals surface area contributed by atoms with E-state index in [0.29, 0.717) is 24.2 Å². The minimum absolute atomic E-state index is 0.0355. The molecule has 1 amide bonds. The van der Waals surface area contributed by atoms with Gasteiger partial charge in [-0.25, -0.2) is 0 Å². The van der Waals surface area contributed by atoms with Crippen molar-refractivity contribution in [1.29, 1.82) is 0 Å². The van der Waals surface area contributed by atoms with Crippen molar-refractivity contribution in [3.05, 3.63) is 47.2 Å². The Bertz CT molecular complexity index is 702. The average Bonchev–Trinajstić information content (AvgIpc) is 3.33. The molecule has 29 heavy (non-hydrogen) atoms. The van der Waals surface area contributed by atoms with Gasteiger partial charge >= 0.3 is 0 Å². The molecule has 2 atom stereocenters. The Balaban J connectivity index is 1.43. The van der Waals surface area contributed by atoms with Crippen molar-refractivity contribution in [2.24, 2.45) is 11.8 Å². The zero-order valence-corrected chi connectivity index (χ0v) is 17.2. The molecule has 1 aromatic carbocycles. The van der Waals surface area contributed by atoms with E-state index >= 15 is 0 Å². The van der Waals surface area contributed by atoms with Gasteiger partial charge in [0.2, 0.25) is 6.29 Å². The van der Waals surface area contributed by atoms with Gasteiger partial charge in [-0.2, -0.15) is 0 Å². The summed E-state index contributed by atoms with van der Waals surface area (Å²) < 4.78 is 12.2. The van der Waals surface area contributed by atoms with E-state index in [1.54, 1.807) is 0 Å². The Hall–Kier alpha value is -1.85. The van der Waals surface area contributed by atoms with Crippen molar-refractivity contribution in [1.82, 2.24) is 4.90 Å². The number of hydrogen-bond acceptors (Lipinski definition) is 4. The molecule has 158 valence electrons. The van der Waals surface area contributed by atoms with E-state index < -0.39 is 0 Å². The zero-order valence-electron chi connectivity index (χ0n) is 17.2.